The first-order valence-corrected chi connectivity index (χ1v) is 7.29. The number of benzene rings is 1. The van der Waals surface area contributed by atoms with Gasteiger partial charge in [-0.25, -0.2) is 13.2 Å². The zero-order valence-electron chi connectivity index (χ0n) is 10.00. The van der Waals surface area contributed by atoms with Gasteiger partial charge in [-0.15, -0.1) is 0 Å². The van der Waals surface area contributed by atoms with E-state index in [1.807, 2.05) is 0 Å². The van der Waals surface area contributed by atoms with Crippen LogP contribution in [0.2, 0.25) is 0 Å². The average Bonchev–Trinajstić information content (AvgIpc) is 2.93. The molecular weight excluding hydrogens is 270 g/mol. The lowest BCUT2D eigenvalue weighted by molar-refractivity contribution is 0.472. The van der Waals surface area contributed by atoms with Crippen molar-refractivity contribution in [2.75, 3.05) is 13.1 Å². The first-order chi connectivity index (χ1) is 8.96. The van der Waals surface area contributed by atoms with Gasteiger partial charge in [0.05, 0.1) is 10.4 Å². The molecule has 7 nitrogen and oxygen atoms in total. The van der Waals surface area contributed by atoms with Crippen LogP contribution in [0.5, 0.6) is 0 Å². The van der Waals surface area contributed by atoms with Crippen molar-refractivity contribution >= 4 is 21.1 Å². The van der Waals surface area contributed by atoms with E-state index in [4.69, 9.17) is 10.2 Å². The molecule has 8 heteroatoms. The molecular formula is C11H13N3O4S. The first kappa shape index (κ1) is 12.4. The lowest BCUT2D eigenvalue weighted by Crippen LogP contribution is -2.31. The number of hydrogen-bond acceptors (Lipinski definition) is 5. The van der Waals surface area contributed by atoms with Gasteiger partial charge in [0.2, 0.25) is 10.0 Å². The molecule has 2 heterocycles. The molecule has 0 spiro atoms. The Bertz CT molecular complexity index is 777. The maximum absolute atomic E-state index is 12.4. The molecule has 1 aliphatic rings. The van der Waals surface area contributed by atoms with Crippen LogP contribution in [-0.4, -0.2) is 36.8 Å². The number of aromatic nitrogens is 1. The van der Waals surface area contributed by atoms with Gasteiger partial charge in [0.1, 0.15) is 0 Å². The largest absolute Gasteiger partial charge is 0.417 e. The van der Waals surface area contributed by atoms with Crippen LogP contribution in [0.1, 0.15) is 6.42 Å². The molecule has 3 rings (SSSR count). The standard InChI is InChI=1S/C11H13N3O4S/c12-7-3-4-14(6-7)19(16,17)8-1-2-9-10(5-8)18-11(15)13-9/h1-2,5,7H,3-4,6,12H2,(H,13,15). The van der Waals surface area contributed by atoms with Gasteiger partial charge in [-0.3, -0.25) is 4.98 Å². The molecule has 0 aliphatic carbocycles. The Morgan fingerprint density at radius 2 is 2.21 bits per heavy atom. The molecule has 1 aromatic heterocycles. The zero-order chi connectivity index (χ0) is 13.6. The molecule has 1 atom stereocenters. The summed E-state index contributed by atoms with van der Waals surface area (Å²) in [6.07, 6.45) is 0.653. The number of H-pyrrole nitrogens is 1. The molecule has 0 amide bonds. The molecule has 0 bridgehead atoms. The Labute approximate surface area is 109 Å². The highest BCUT2D eigenvalue weighted by molar-refractivity contribution is 7.89. The highest BCUT2D eigenvalue weighted by Gasteiger charge is 2.31. The summed E-state index contributed by atoms with van der Waals surface area (Å²) >= 11 is 0. The molecule has 19 heavy (non-hydrogen) atoms. The van der Waals surface area contributed by atoms with E-state index in [0.29, 0.717) is 25.0 Å². The van der Waals surface area contributed by atoms with E-state index in [2.05, 4.69) is 4.98 Å². The van der Waals surface area contributed by atoms with Gasteiger partial charge in [-0.05, 0) is 18.6 Å². The van der Waals surface area contributed by atoms with Crippen molar-refractivity contribution in [2.24, 2.45) is 5.73 Å². The van der Waals surface area contributed by atoms with Crippen molar-refractivity contribution in [1.29, 1.82) is 0 Å². The third-order valence-corrected chi connectivity index (χ3v) is 5.08. The smallest absolute Gasteiger partial charge is 0.408 e. The highest BCUT2D eigenvalue weighted by Crippen LogP contribution is 2.23. The van der Waals surface area contributed by atoms with Crippen LogP contribution in [0.4, 0.5) is 0 Å². The van der Waals surface area contributed by atoms with Crippen molar-refractivity contribution < 1.29 is 12.8 Å². The minimum Gasteiger partial charge on any atom is -0.408 e. The van der Waals surface area contributed by atoms with E-state index in [0.717, 1.165) is 0 Å². The Balaban J connectivity index is 2.05. The van der Waals surface area contributed by atoms with Crippen LogP contribution < -0.4 is 11.5 Å². The number of nitrogens with one attached hydrogen (secondary N) is 1. The summed E-state index contributed by atoms with van der Waals surface area (Å²) in [5.41, 5.74) is 6.43. The molecule has 1 fully saturated rings. The third kappa shape index (κ3) is 2.07. The number of aromatic amines is 1. The van der Waals surface area contributed by atoms with E-state index >= 15 is 0 Å². The summed E-state index contributed by atoms with van der Waals surface area (Å²) < 4.78 is 31.0. The van der Waals surface area contributed by atoms with Crippen LogP contribution in [0, 0.1) is 0 Å². The fourth-order valence-corrected chi connectivity index (χ4v) is 3.74. The van der Waals surface area contributed by atoms with Crippen LogP contribution in [0.25, 0.3) is 11.1 Å². The zero-order valence-corrected chi connectivity index (χ0v) is 10.8. The fraction of sp³-hybridized carbons (Fsp3) is 0.364. The number of nitrogens with two attached hydrogens (primary N) is 1. The SMILES string of the molecule is NC1CCN(S(=O)(=O)c2ccc3[nH]c(=O)oc3c2)C1. The van der Waals surface area contributed by atoms with Gasteiger partial charge in [0.25, 0.3) is 0 Å². The first-order valence-electron chi connectivity index (χ1n) is 5.85. The van der Waals surface area contributed by atoms with E-state index in [1.165, 1.54) is 22.5 Å². The quantitative estimate of drug-likeness (QED) is 0.796. The Morgan fingerprint density at radius 3 is 2.89 bits per heavy atom. The van der Waals surface area contributed by atoms with Gasteiger partial charge < -0.3 is 10.2 Å². The fourth-order valence-electron chi connectivity index (χ4n) is 2.21. The Morgan fingerprint density at radius 1 is 1.42 bits per heavy atom. The van der Waals surface area contributed by atoms with Crippen molar-refractivity contribution in [1.82, 2.24) is 9.29 Å². The predicted octanol–water partition coefficient (Wildman–Crippen LogP) is -0.157. The van der Waals surface area contributed by atoms with E-state index in [1.54, 1.807) is 0 Å². The normalized spacial score (nSPS) is 21.2. The van der Waals surface area contributed by atoms with Crippen molar-refractivity contribution in [3.63, 3.8) is 0 Å². The molecule has 3 N–H and O–H groups in total. The van der Waals surface area contributed by atoms with E-state index in [9.17, 15) is 13.2 Å². The van der Waals surface area contributed by atoms with Crippen molar-refractivity contribution in [3.8, 4) is 0 Å². The number of sulfonamides is 1. The summed E-state index contributed by atoms with van der Waals surface area (Å²) in [5, 5.41) is 0. The monoisotopic (exact) mass is 283 g/mol. The molecule has 1 unspecified atom stereocenters. The second-order valence-corrected chi connectivity index (χ2v) is 6.52. The lowest BCUT2D eigenvalue weighted by atomic mass is 10.3. The van der Waals surface area contributed by atoms with Crippen LogP contribution in [0.3, 0.4) is 0 Å². The summed E-state index contributed by atoms with van der Waals surface area (Å²) in [4.78, 5) is 13.6. The van der Waals surface area contributed by atoms with Gasteiger partial charge >= 0.3 is 5.76 Å². The minimum absolute atomic E-state index is 0.108. The van der Waals surface area contributed by atoms with Crippen LogP contribution in [0.15, 0.2) is 32.3 Å². The Kier molecular flexibility index (Phi) is 2.73. The molecule has 0 radical (unpaired) electrons. The lowest BCUT2D eigenvalue weighted by Gasteiger charge is -2.15. The molecule has 102 valence electrons. The van der Waals surface area contributed by atoms with Crippen molar-refractivity contribution in [3.05, 3.63) is 28.7 Å². The second kappa shape index (κ2) is 4.19. The summed E-state index contributed by atoms with van der Waals surface area (Å²) in [5.74, 6) is -0.604. The number of nitrogens with zero attached hydrogens (tertiary/aromatic N) is 1. The topological polar surface area (TPSA) is 109 Å². The molecule has 0 saturated carbocycles. The van der Waals surface area contributed by atoms with E-state index < -0.39 is 15.8 Å². The molecule has 1 saturated heterocycles. The third-order valence-electron chi connectivity index (χ3n) is 3.22. The molecule has 1 aliphatic heterocycles. The van der Waals surface area contributed by atoms with Gasteiger partial charge in [0.15, 0.2) is 5.58 Å². The average molecular weight is 283 g/mol. The number of rotatable bonds is 2. The summed E-state index contributed by atoms with van der Waals surface area (Å²) in [6.45, 7) is 0.732. The summed E-state index contributed by atoms with van der Waals surface area (Å²) in [6, 6.07) is 4.20. The highest BCUT2D eigenvalue weighted by atomic mass is 32.2. The maximum Gasteiger partial charge on any atom is 0.417 e. The number of oxazole rings is 1. The second-order valence-electron chi connectivity index (χ2n) is 4.58. The summed E-state index contributed by atoms with van der Waals surface area (Å²) in [7, 11) is -3.58. The van der Waals surface area contributed by atoms with Crippen LogP contribution in [-0.2, 0) is 10.0 Å². The van der Waals surface area contributed by atoms with E-state index in [-0.39, 0.29) is 16.5 Å². The minimum atomic E-state index is -3.58. The van der Waals surface area contributed by atoms with Crippen molar-refractivity contribution in [2.45, 2.75) is 17.4 Å². The maximum atomic E-state index is 12.4. The predicted molar refractivity (Wildman–Crippen MR) is 68.2 cm³/mol. The van der Waals surface area contributed by atoms with Gasteiger partial charge in [-0.2, -0.15) is 4.31 Å². The number of hydrogen-bond donors (Lipinski definition) is 2. The number of fused-ring (bicyclic) bond motifs is 1. The Hall–Kier alpha value is -1.64. The van der Waals surface area contributed by atoms with Gasteiger partial charge in [-0.1, -0.05) is 0 Å². The molecule has 2 aromatic rings. The van der Waals surface area contributed by atoms with Gasteiger partial charge in [0, 0.05) is 25.2 Å². The van der Waals surface area contributed by atoms with Crippen LogP contribution >= 0.6 is 0 Å². The molecule has 1 aromatic carbocycles.